The Morgan fingerprint density at radius 1 is 1.00 bits per heavy atom. The quantitative estimate of drug-likeness (QED) is 0.814. The molecule has 0 unspecified atom stereocenters. The lowest BCUT2D eigenvalue weighted by atomic mass is 9.79. The van der Waals surface area contributed by atoms with Gasteiger partial charge >= 0.3 is 7.12 Å². The maximum atomic E-state index is 6.10. The van der Waals surface area contributed by atoms with E-state index in [4.69, 9.17) is 14.0 Å². The summed E-state index contributed by atoms with van der Waals surface area (Å²) in [6.07, 6.45) is 3.47. The largest absolute Gasteiger partial charge is 0.500 e. The fourth-order valence-corrected chi connectivity index (χ4v) is 2.41. The van der Waals surface area contributed by atoms with Crippen molar-refractivity contribution in [3.8, 4) is 5.75 Å². The van der Waals surface area contributed by atoms with Gasteiger partial charge in [-0.25, -0.2) is 0 Å². The van der Waals surface area contributed by atoms with Gasteiger partial charge in [-0.3, -0.25) is 4.98 Å². The van der Waals surface area contributed by atoms with Crippen LogP contribution in [0.5, 0.6) is 5.75 Å². The van der Waals surface area contributed by atoms with E-state index in [-0.39, 0.29) is 11.2 Å². The summed E-state index contributed by atoms with van der Waals surface area (Å²) < 4.78 is 18.2. The van der Waals surface area contributed by atoms with Crippen molar-refractivity contribution in [2.75, 3.05) is 0 Å². The van der Waals surface area contributed by atoms with Crippen LogP contribution in [0.1, 0.15) is 33.3 Å². The van der Waals surface area contributed by atoms with Crippen molar-refractivity contribution in [2.45, 2.75) is 45.5 Å². The van der Waals surface area contributed by atoms with Crippen molar-refractivity contribution >= 4 is 12.6 Å². The second kappa shape index (κ2) is 5.98. The molecule has 2 aromatic rings. The van der Waals surface area contributed by atoms with Gasteiger partial charge in [0.25, 0.3) is 0 Å². The third kappa shape index (κ3) is 3.26. The molecule has 1 fully saturated rings. The summed E-state index contributed by atoms with van der Waals surface area (Å²) in [6.45, 7) is 8.64. The van der Waals surface area contributed by atoms with Gasteiger partial charge in [0.1, 0.15) is 12.4 Å². The Balaban J connectivity index is 1.79. The highest BCUT2D eigenvalue weighted by Gasteiger charge is 2.52. The molecule has 1 aromatic carbocycles. The van der Waals surface area contributed by atoms with Crippen molar-refractivity contribution in [1.29, 1.82) is 0 Å². The molecule has 0 radical (unpaired) electrons. The van der Waals surface area contributed by atoms with Crippen molar-refractivity contribution in [3.05, 3.63) is 54.4 Å². The first-order valence-electron chi connectivity index (χ1n) is 7.85. The van der Waals surface area contributed by atoms with Crippen LogP contribution in [0, 0.1) is 0 Å². The third-order valence-corrected chi connectivity index (χ3v) is 4.55. The highest BCUT2D eigenvalue weighted by Crippen LogP contribution is 2.37. The van der Waals surface area contributed by atoms with E-state index in [1.54, 1.807) is 12.4 Å². The lowest BCUT2D eigenvalue weighted by Crippen LogP contribution is -2.41. The van der Waals surface area contributed by atoms with Gasteiger partial charge in [-0.15, -0.1) is 0 Å². The fourth-order valence-electron chi connectivity index (χ4n) is 2.41. The van der Waals surface area contributed by atoms with Crippen molar-refractivity contribution < 1.29 is 14.0 Å². The van der Waals surface area contributed by atoms with Gasteiger partial charge in [-0.05, 0) is 39.3 Å². The third-order valence-electron chi connectivity index (χ3n) is 4.55. The normalized spacial score (nSPS) is 18.9. The minimum Gasteiger partial charge on any atom is -0.489 e. The molecular formula is C18H22BNO3. The topological polar surface area (TPSA) is 40.6 Å². The number of benzene rings is 1. The van der Waals surface area contributed by atoms with E-state index in [9.17, 15) is 0 Å². The van der Waals surface area contributed by atoms with Crippen LogP contribution in [0.15, 0.2) is 48.8 Å². The molecule has 1 saturated heterocycles. The number of nitrogens with zero attached hydrogens (tertiary/aromatic N) is 1. The van der Waals surface area contributed by atoms with Crippen LogP contribution in [0.3, 0.4) is 0 Å². The number of ether oxygens (including phenoxy) is 1. The van der Waals surface area contributed by atoms with Crippen LogP contribution in [-0.4, -0.2) is 23.3 Å². The van der Waals surface area contributed by atoms with Crippen LogP contribution >= 0.6 is 0 Å². The van der Waals surface area contributed by atoms with Gasteiger partial charge in [0, 0.05) is 17.9 Å². The smallest absolute Gasteiger partial charge is 0.489 e. The summed E-state index contributed by atoms with van der Waals surface area (Å²) >= 11 is 0. The Morgan fingerprint density at radius 2 is 1.65 bits per heavy atom. The van der Waals surface area contributed by atoms with E-state index in [0.29, 0.717) is 6.61 Å². The van der Waals surface area contributed by atoms with E-state index in [1.807, 2.05) is 64.1 Å². The monoisotopic (exact) mass is 311 g/mol. The zero-order valence-corrected chi connectivity index (χ0v) is 14.1. The standard InChI is InChI=1S/C18H22BNO3/c1-17(2)18(3,4)23-19(22-17)15-12-20-11-10-16(15)21-13-14-8-6-5-7-9-14/h5-12H,13H2,1-4H3. The highest BCUT2D eigenvalue weighted by molar-refractivity contribution is 6.63. The SMILES string of the molecule is CC1(C)OB(c2cnccc2OCc2ccccc2)OC1(C)C. The van der Waals surface area contributed by atoms with E-state index >= 15 is 0 Å². The predicted molar refractivity (Wildman–Crippen MR) is 90.7 cm³/mol. The maximum Gasteiger partial charge on any atom is 0.500 e. The van der Waals surface area contributed by atoms with Crippen LogP contribution in [0.4, 0.5) is 0 Å². The molecule has 0 bridgehead atoms. The summed E-state index contributed by atoms with van der Waals surface area (Å²) in [5.74, 6) is 0.738. The van der Waals surface area contributed by atoms with Gasteiger partial charge in [0.05, 0.1) is 11.2 Å². The molecule has 1 aliphatic heterocycles. The highest BCUT2D eigenvalue weighted by atomic mass is 16.7. The van der Waals surface area contributed by atoms with E-state index in [1.165, 1.54) is 0 Å². The minimum atomic E-state index is -0.473. The molecule has 120 valence electrons. The number of pyridine rings is 1. The van der Waals surface area contributed by atoms with Gasteiger partial charge in [-0.1, -0.05) is 30.3 Å². The molecule has 1 aromatic heterocycles. The molecule has 1 aliphatic rings. The summed E-state index contributed by atoms with van der Waals surface area (Å²) in [4.78, 5) is 4.20. The Bertz CT molecular complexity index is 657. The molecule has 2 heterocycles. The van der Waals surface area contributed by atoms with Gasteiger partial charge in [0.15, 0.2) is 0 Å². The zero-order valence-electron chi connectivity index (χ0n) is 14.1. The summed E-state index contributed by atoms with van der Waals surface area (Å²) in [5, 5.41) is 0. The predicted octanol–water partition coefficient (Wildman–Crippen LogP) is 2.96. The van der Waals surface area contributed by atoms with E-state index < -0.39 is 7.12 Å². The first kappa shape index (κ1) is 16.0. The summed E-state index contributed by atoms with van der Waals surface area (Å²) in [5.41, 5.74) is 1.17. The average molecular weight is 311 g/mol. The first-order valence-corrected chi connectivity index (χ1v) is 7.85. The van der Waals surface area contributed by atoms with Crippen LogP contribution in [-0.2, 0) is 15.9 Å². The van der Waals surface area contributed by atoms with Crippen molar-refractivity contribution in [3.63, 3.8) is 0 Å². The Morgan fingerprint density at radius 3 is 2.30 bits per heavy atom. The molecule has 4 nitrogen and oxygen atoms in total. The maximum absolute atomic E-state index is 6.10. The van der Waals surface area contributed by atoms with E-state index in [2.05, 4.69) is 4.98 Å². The minimum absolute atomic E-state index is 0.385. The molecule has 23 heavy (non-hydrogen) atoms. The van der Waals surface area contributed by atoms with Crippen LogP contribution in [0.25, 0.3) is 0 Å². The molecule has 0 atom stereocenters. The molecule has 0 N–H and O–H groups in total. The first-order chi connectivity index (χ1) is 10.9. The summed E-state index contributed by atoms with van der Waals surface area (Å²) in [6, 6.07) is 11.9. The van der Waals surface area contributed by atoms with Gasteiger partial charge in [0.2, 0.25) is 0 Å². The number of aromatic nitrogens is 1. The number of rotatable bonds is 4. The van der Waals surface area contributed by atoms with Gasteiger partial charge < -0.3 is 14.0 Å². The molecule has 0 spiro atoms. The Labute approximate surface area is 137 Å². The fraction of sp³-hybridized carbons (Fsp3) is 0.389. The van der Waals surface area contributed by atoms with Gasteiger partial charge in [-0.2, -0.15) is 0 Å². The van der Waals surface area contributed by atoms with Crippen molar-refractivity contribution in [2.24, 2.45) is 0 Å². The molecule has 0 aliphatic carbocycles. The zero-order chi connectivity index (χ0) is 16.5. The lowest BCUT2D eigenvalue weighted by molar-refractivity contribution is 0.00578. The molecule has 0 saturated carbocycles. The second-order valence-corrected chi connectivity index (χ2v) is 6.78. The number of hydrogen-bond acceptors (Lipinski definition) is 4. The van der Waals surface area contributed by atoms with Crippen molar-refractivity contribution in [1.82, 2.24) is 4.98 Å². The Kier molecular flexibility index (Phi) is 4.17. The Hall–Kier alpha value is -1.85. The molecule has 0 amide bonds. The molecule has 3 rings (SSSR count). The molecule has 5 heteroatoms. The van der Waals surface area contributed by atoms with E-state index in [0.717, 1.165) is 16.8 Å². The average Bonchev–Trinajstić information content (AvgIpc) is 2.75. The second-order valence-electron chi connectivity index (χ2n) is 6.78. The lowest BCUT2D eigenvalue weighted by Gasteiger charge is -2.32. The molecular weight excluding hydrogens is 289 g/mol. The number of hydrogen-bond donors (Lipinski definition) is 0. The van der Waals surface area contributed by atoms with Crippen LogP contribution in [0.2, 0.25) is 0 Å². The summed E-state index contributed by atoms with van der Waals surface area (Å²) in [7, 11) is -0.473. The van der Waals surface area contributed by atoms with Crippen LogP contribution < -0.4 is 10.2 Å².